The number of hydrogen-bond acceptors (Lipinski definition) is 8. The molecule has 10 nitrogen and oxygen atoms in total. The molecule has 0 radical (unpaired) electrons. The first-order chi connectivity index (χ1) is 13.5. The summed E-state index contributed by atoms with van der Waals surface area (Å²) in [6.07, 6.45) is 4.46. The zero-order valence-electron chi connectivity index (χ0n) is 15.2. The highest BCUT2D eigenvalue weighted by molar-refractivity contribution is 7.99. The van der Waals surface area contributed by atoms with Crippen LogP contribution >= 0.6 is 11.8 Å². The van der Waals surface area contributed by atoms with Crippen LogP contribution in [0.15, 0.2) is 34.6 Å². The molecule has 11 heteroatoms. The van der Waals surface area contributed by atoms with Crippen molar-refractivity contribution in [2.75, 3.05) is 19.7 Å². The highest BCUT2D eigenvalue weighted by atomic mass is 32.2. The predicted octanol–water partition coefficient (Wildman–Crippen LogP) is 2.04. The third-order valence-electron chi connectivity index (χ3n) is 4.30. The van der Waals surface area contributed by atoms with E-state index in [9.17, 15) is 19.7 Å². The summed E-state index contributed by atoms with van der Waals surface area (Å²) in [6.45, 7) is 0.952. The molecule has 0 unspecified atom stereocenters. The number of hydrogen-bond donors (Lipinski definition) is 0. The van der Waals surface area contributed by atoms with Gasteiger partial charge in [-0.05, 0) is 43.2 Å². The number of likely N-dealkylation sites (tertiary alicyclic amines) is 1. The Bertz CT molecular complexity index is 894. The van der Waals surface area contributed by atoms with Crippen LogP contribution in [0.5, 0.6) is 0 Å². The molecule has 1 saturated heterocycles. The molecule has 1 aromatic carbocycles. The number of ether oxygens (including phenoxy) is 1. The lowest BCUT2D eigenvalue weighted by Gasteiger charge is -2.26. The number of nitro groups is 1. The molecule has 0 N–H and O–H groups in total. The Morgan fingerprint density at radius 2 is 2.04 bits per heavy atom. The van der Waals surface area contributed by atoms with Gasteiger partial charge in [-0.25, -0.2) is 4.79 Å². The number of benzene rings is 1. The zero-order chi connectivity index (χ0) is 20.1. The molecule has 0 atom stereocenters. The lowest BCUT2D eigenvalue weighted by Crippen LogP contribution is -2.38. The summed E-state index contributed by atoms with van der Waals surface area (Å²) in [5.74, 6) is -1.03. The monoisotopic (exact) mass is 405 g/mol. The van der Waals surface area contributed by atoms with Gasteiger partial charge in [0.1, 0.15) is 6.33 Å². The summed E-state index contributed by atoms with van der Waals surface area (Å²) in [4.78, 5) is 37.2. The summed E-state index contributed by atoms with van der Waals surface area (Å²) < 4.78 is 6.68. The summed E-state index contributed by atoms with van der Waals surface area (Å²) >= 11 is 1.07. The molecule has 0 bridgehead atoms. The summed E-state index contributed by atoms with van der Waals surface area (Å²) in [5, 5.41) is 19.5. The number of piperidine rings is 1. The lowest BCUT2D eigenvalue weighted by molar-refractivity contribution is -0.387. The highest BCUT2D eigenvalue weighted by Gasteiger charge is 2.22. The lowest BCUT2D eigenvalue weighted by atomic mass is 10.1. The Kier molecular flexibility index (Phi) is 6.24. The Morgan fingerprint density at radius 3 is 2.68 bits per heavy atom. The first-order valence-electron chi connectivity index (χ1n) is 8.71. The maximum atomic E-state index is 12.2. The van der Waals surface area contributed by atoms with E-state index < -0.39 is 10.9 Å². The van der Waals surface area contributed by atoms with Gasteiger partial charge in [-0.3, -0.25) is 14.9 Å². The smallest absolute Gasteiger partial charge is 0.338 e. The van der Waals surface area contributed by atoms with Gasteiger partial charge in [0, 0.05) is 26.2 Å². The van der Waals surface area contributed by atoms with Crippen molar-refractivity contribution < 1.29 is 19.2 Å². The van der Waals surface area contributed by atoms with E-state index in [0.29, 0.717) is 23.1 Å². The maximum absolute atomic E-state index is 12.2. The number of nitrogens with zero attached hydrogens (tertiary/aromatic N) is 5. The third-order valence-corrected chi connectivity index (χ3v) is 5.42. The van der Waals surface area contributed by atoms with Crippen LogP contribution in [0, 0.1) is 10.1 Å². The molecule has 0 spiro atoms. The van der Waals surface area contributed by atoms with Crippen LogP contribution in [0.1, 0.15) is 29.6 Å². The fourth-order valence-electron chi connectivity index (χ4n) is 2.78. The van der Waals surface area contributed by atoms with Crippen LogP contribution < -0.4 is 0 Å². The number of nitro benzene ring substituents is 1. The first kappa shape index (κ1) is 19.8. The van der Waals surface area contributed by atoms with Crippen molar-refractivity contribution in [3.8, 4) is 0 Å². The van der Waals surface area contributed by atoms with E-state index in [1.807, 2.05) is 0 Å². The normalized spacial score (nSPS) is 14.0. The summed E-state index contributed by atoms with van der Waals surface area (Å²) in [5.41, 5.74) is -0.231. The minimum absolute atomic E-state index is 0.0143. The van der Waals surface area contributed by atoms with Gasteiger partial charge >= 0.3 is 5.97 Å². The molecule has 148 valence electrons. The summed E-state index contributed by atoms with van der Waals surface area (Å²) in [6, 6.07) is 4.03. The van der Waals surface area contributed by atoms with Gasteiger partial charge in [0.05, 0.1) is 15.4 Å². The topological polar surface area (TPSA) is 120 Å². The van der Waals surface area contributed by atoms with Crippen molar-refractivity contribution in [2.45, 2.75) is 29.3 Å². The molecule has 0 aliphatic carbocycles. The molecule has 2 heterocycles. The number of amides is 1. The molecule has 1 aromatic heterocycles. The van der Waals surface area contributed by atoms with Crippen molar-refractivity contribution in [3.05, 3.63) is 40.2 Å². The van der Waals surface area contributed by atoms with E-state index in [4.69, 9.17) is 4.74 Å². The van der Waals surface area contributed by atoms with Gasteiger partial charge < -0.3 is 14.2 Å². The number of carbonyl (C=O) groups is 2. The van der Waals surface area contributed by atoms with Gasteiger partial charge in [0.25, 0.3) is 11.6 Å². The molecule has 2 aromatic rings. The van der Waals surface area contributed by atoms with Gasteiger partial charge in [-0.2, -0.15) is 0 Å². The SMILES string of the molecule is Cn1cnnc1Sc1ccc(C(=O)OCC(=O)N2CCCCC2)cc1[N+](=O)[O-]. The molecular weight excluding hydrogens is 386 g/mol. The van der Waals surface area contributed by atoms with E-state index in [-0.39, 0.29) is 23.8 Å². The summed E-state index contributed by atoms with van der Waals surface area (Å²) in [7, 11) is 1.72. The zero-order valence-corrected chi connectivity index (χ0v) is 16.1. The molecule has 0 saturated carbocycles. The number of aryl methyl sites for hydroxylation is 1. The van der Waals surface area contributed by atoms with Crippen LogP contribution in [0.25, 0.3) is 0 Å². The molecule has 1 aliphatic rings. The number of rotatable bonds is 6. The molecular formula is C17H19N5O5S. The quantitative estimate of drug-likeness (QED) is 0.407. The van der Waals surface area contributed by atoms with E-state index in [1.165, 1.54) is 18.5 Å². The van der Waals surface area contributed by atoms with E-state index in [2.05, 4.69) is 10.2 Å². The Balaban J connectivity index is 1.68. The Hall–Kier alpha value is -2.95. The second kappa shape index (κ2) is 8.83. The van der Waals surface area contributed by atoms with Crippen LogP contribution in [-0.4, -0.2) is 56.2 Å². The average molecular weight is 405 g/mol. The number of aromatic nitrogens is 3. The fraction of sp³-hybridized carbons (Fsp3) is 0.412. The minimum atomic E-state index is -0.774. The Morgan fingerprint density at radius 1 is 1.29 bits per heavy atom. The fourth-order valence-corrected chi connectivity index (χ4v) is 3.63. The Labute approximate surface area is 165 Å². The largest absolute Gasteiger partial charge is 0.452 e. The second-order valence-electron chi connectivity index (χ2n) is 6.28. The van der Waals surface area contributed by atoms with Crippen molar-refractivity contribution in [3.63, 3.8) is 0 Å². The molecule has 1 amide bonds. The standard InChI is InChI=1S/C17H19N5O5S/c1-20-11-18-19-17(20)28-14-6-5-12(9-13(14)22(25)26)16(24)27-10-15(23)21-7-3-2-4-8-21/h5-6,9,11H,2-4,7-8,10H2,1H3. The maximum Gasteiger partial charge on any atom is 0.338 e. The van der Waals surface area contributed by atoms with E-state index >= 15 is 0 Å². The highest BCUT2D eigenvalue weighted by Crippen LogP contribution is 2.34. The molecule has 1 aliphatic heterocycles. The van der Waals surface area contributed by atoms with Gasteiger partial charge in [0.15, 0.2) is 11.8 Å². The number of esters is 1. The third kappa shape index (κ3) is 4.66. The van der Waals surface area contributed by atoms with Crippen LogP contribution in [0.3, 0.4) is 0 Å². The number of carbonyl (C=O) groups excluding carboxylic acids is 2. The van der Waals surface area contributed by atoms with Gasteiger partial charge in [-0.15, -0.1) is 10.2 Å². The van der Waals surface area contributed by atoms with Crippen molar-refractivity contribution >= 4 is 29.3 Å². The van der Waals surface area contributed by atoms with Crippen molar-refractivity contribution in [2.24, 2.45) is 7.05 Å². The van der Waals surface area contributed by atoms with Crippen LogP contribution in [-0.2, 0) is 16.6 Å². The predicted molar refractivity (Wildman–Crippen MR) is 98.9 cm³/mol. The van der Waals surface area contributed by atoms with E-state index in [0.717, 1.165) is 37.1 Å². The van der Waals surface area contributed by atoms with Crippen molar-refractivity contribution in [1.29, 1.82) is 0 Å². The van der Waals surface area contributed by atoms with Crippen molar-refractivity contribution in [1.82, 2.24) is 19.7 Å². The minimum Gasteiger partial charge on any atom is -0.452 e. The first-order valence-corrected chi connectivity index (χ1v) is 9.52. The average Bonchev–Trinajstić information content (AvgIpc) is 3.11. The second-order valence-corrected chi connectivity index (χ2v) is 7.29. The molecule has 1 fully saturated rings. The van der Waals surface area contributed by atoms with Gasteiger partial charge in [0.2, 0.25) is 0 Å². The van der Waals surface area contributed by atoms with E-state index in [1.54, 1.807) is 16.5 Å². The molecule has 28 heavy (non-hydrogen) atoms. The van der Waals surface area contributed by atoms with Crippen LogP contribution in [0.4, 0.5) is 5.69 Å². The molecule has 3 rings (SSSR count). The van der Waals surface area contributed by atoms with Gasteiger partial charge in [-0.1, -0.05) is 0 Å². The van der Waals surface area contributed by atoms with Crippen LogP contribution in [0.2, 0.25) is 0 Å².